The molecule has 0 amide bonds. The molecular formula is C106H103FN4O12S4. The third-order valence-corrected chi connectivity index (χ3v) is 25.6. The lowest BCUT2D eigenvalue weighted by atomic mass is 10.0. The van der Waals surface area contributed by atoms with Crippen molar-refractivity contribution in [1.82, 2.24) is 21.3 Å². The molecule has 4 aromatic heterocycles. The zero-order chi connectivity index (χ0) is 89.1. The van der Waals surface area contributed by atoms with Gasteiger partial charge in [-0.05, 0) is 279 Å². The molecule has 0 spiro atoms. The number of nitrogens with one attached hydrogen (secondary N) is 4. The number of carbonyl (C=O) groups is 4. The van der Waals surface area contributed by atoms with Gasteiger partial charge in [0.05, 0.1) is 5.56 Å². The molecule has 0 fully saturated rings. The molecule has 0 bridgehead atoms. The van der Waals surface area contributed by atoms with Gasteiger partial charge in [-0.25, -0.2) is 4.39 Å². The zero-order valence-electron chi connectivity index (χ0n) is 71.9. The minimum absolute atomic E-state index is 0.0100. The van der Waals surface area contributed by atoms with Gasteiger partial charge in [0.1, 0.15) is 71.3 Å². The first-order chi connectivity index (χ1) is 61.8. The van der Waals surface area contributed by atoms with Crippen LogP contribution in [-0.2, 0) is 25.7 Å². The molecule has 0 aliphatic heterocycles. The number of hydrogen-bond donors (Lipinski definition) is 8. The predicted octanol–water partition coefficient (Wildman–Crippen LogP) is 25.4. The van der Waals surface area contributed by atoms with E-state index in [-0.39, 0.29) is 45.9 Å². The first kappa shape index (κ1) is 92.0. The highest BCUT2D eigenvalue weighted by atomic mass is 32.1. The lowest BCUT2D eigenvalue weighted by molar-refractivity contribution is 0.102. The molecule has 21 heteroatoms. The average molecular weight is 1770 g/mol. The molecule has 16 rings (SSSR count). The van der Waals surface area contributed by atoms with Gasteiger partial charge in [-0.15, -0.1) is 45.3 Å². The van der Waals surface area contributed by atoms with Crippen LogP contribution in [0.5, 0.6) is 69.0 Å². The van der Waals surface area contributed by atoms with Gasteiger partial charge >= 0.3 is 0 Å². The summed E-state index contributed by atoms with van der Waals surface area (Å²) in [5.74, 6) is 3.97. The molecular weight excluding hydrogens is 1670 g/mol. The van der Waals surface area contributed by atoms with Crippen LogP contribution in [0, 0.1) is 19.7 Å². The molecule has 16 nitrogen and oxygen atoms in total. The van der Waals surface area contributed by atoms with Crippen molar-refractivity contribution in [3.05, 3.63) is 354 Å². The molecule has 0 radical (unpaired) electrons. The number of benzene rings is 12. The molecule has 0 aliphatic rings. The number of aryl methyl sites for hydroxylation is 6. The van der Waals surface area contributed by atoms with E-state index in [0.717, 1.165) is 145 Å². The van der Waals surface area contributed by atoms with Gasteiger partial charge in [0.2, 0.25) is 23.1 Å². The maximum Gasteiger partial charge on any atom is 0.209 e. The van der Waals surface area contributed by atoms with E-state index in [1.54, 1.807) is 97.1 Å². The fraction of sp³-hybridized carbons (Fsp3) is 0.208. The van der Waals surface area contributed by atoms with E-state index in [4.69, 9.17) is 18.9 Å². The first-order valence-corrected chi connectivity index (χ1v) is 46.1. The smallest absolute Gasteiger partial charge is 0.209 e. The van der Waals surface area contributed by atoms with Crippen LogP contribution in [0.15, 0.2) is 273 Å². The van der Waals surface area contributed by atoms with Crippen molar-refractivity contribution in [3.63, 3.8) is 0 Å². The molecule has 0 saturated carbocycles. The number of phenolic OH excluding ortho intramolecular Hbond substituents is 4. The number of rotatable bonds is 36. The Morgan fingerprint density at radius 1 is 0.307 bits per heavy atom. The number of thiophene rings is 4. The predicted molar refractivity (Wildman–Crippen MR) is 516 cm³/mol. The number of phenols is 4. The van der Waals surface area contributed by atoms with Gasteiger partial charge in [-0.1, -0.05) is 173 Å². The second-order valence-corrected chi connectivity index (χ2v) is 34.6. The van der Waals surface area contributed by atoms with Crippen molar-refractivity contribution in [2.24, 2.45) is 0 Å². The van der Waals surface area contributed by atoms with E-state index < -0.39 is 11.6 Å². The summed E-state index contributed by atoms with van der Waals surface area (Å²) in [5, 5.41) is 56.1. The third kappa shape index (κ3) is 24.5. The Kier molecular flexibility index (Phi) is 32.9. The van der Waals surface area contributed by atoms with E-state index in [1.165, 1.54) is 79.7 Å². The molecule has 0 saturated heterocycles. The monoisotopic (exact) mass is 1770 g/mol. The Labute approximate surface area is 755 Å². The van der Waals surface area contributed by atoms with Gasteiger partial charge in [0, 0.05) is 57.0 Å². The molecule has 16 aromatic rings. The fourth-order valence-electron chi connectivity index (χ4n) is 14.3. The quantitative estimate of drug-likeness (QED) is 0.0135. The van der Waals surface area contributed by atoms with Crippen molar-refractivity contribution in [2.75, 3.05) is 52.4 Å². The topological polar surface area (TPSA) is 234 Å². The summed E-state index contributed by atoms with van der Waals surface area (Å²) in [6, 6.07) is 82.2. The van der Waals surface area contributed by atoms with Crippen LogP contribution in [0.3, 0.4) is 0 Å². The Balaban J connectivity index is 0.000000145. The standard InChI is InChI=1S/2C27H27NO3S.C26H24FNO3S.C26H25NO3S/c1-3-28-16-4-5-19-8-13-22(14-9-19)31-26-23-15-12-21(29)17-24(23)32-27(26)25(30)20-10-6-18(2)7-11-20;1-3-28-16-6-8-19-10-13-21(14-11-19)31-26-23-15-12-20(29)17-24(23)32-27(26)25(30)22-9-5-4-7-18(22)2;1-2-28-15-5-6-17-9-12-19(13-10-17)31-25-21-14-11-18(29)16-23(21)32-26(25)24(30)20-7-3-4-8-22(20)27;1-2-27-16-6-7-18-10-13-21(14-11-18)30-25-22-15-12-20(28)17-23(22)31-26(25)24(29)19-8-4-3-5-9-19/h6-15,17,28-29H,3-5,16H2,1-2H3;4-5,7,9-15,17,28-29H,3,6,8,16H2,1-2H3;3-4,7-14,16,28-29H,2,5-6,15H2,1H3;3-5,8-15,17,27-28H,2,6-7,16H2,1H3. The third-order valence-electron chi connectivity index (χ3n) is 21.0. The summed E-state index contributed by atoms with van der Waals surface area (Å²) < 4.78 is 42.4. The number of hydrogen-bond acceptors (Lipinski definition) is 20. The van der Waals surface area contributed by atoms with Gasteiger partial charge < -0.3 is 60.6 Å². The summed E-state index contributed by atoms with van der Waals surface area (Å²) in [6.07, 6.45) is 8.28. The highest BCUT2D eigenvalue weighted by molar-refractivity contribution is 7.22. The number of ether oxygens (including phenoxy) is 4. The Morgan fingerprint density at radius 2 is 0.583 bits per heavy atom. The van der Waals surface area contributed by atoms with Gasteiger partial charge in [-0.2, -0.15) is 0 Å². The van der Waals surface area contributed by atoms with Crippen molar-refractivity contribution in [2.45, 2.75) is 92.9 Å². The SMILES string of the molecule is CCNCCCc1ccc(Oc2c(C(=O)c3ccc(C)cc3)sc3cc(O)ccc23)cc1.CCNCCCc1ccc(Oc2c(C(=O)c3ccccc3)sc3cc(O)ccc23)cc1.CCNCCCc1ccc(Oc2c(C(=O)c3ccccc3C)sc3cc(O)ccc23)cc1.CCNCCCc1ccc(Oc2c(C(=O)c3ccccc3F)sc3cc(O)ccc23)cc1. The molecule has 12 aromatic carbocycles. The summed E-state index contributed by atoms with van der Waals surface area (Å²) in [7, 11) is 0. The van der Waals surface area contributed by atoms with Crippen molar-refractivity contribution < 1.29 is 62.9 Å². The van der Waals surface area contributed by atoms with Gasteiger partial charge in [-0.3, -0.25) is 19.2 Å². The molecule has 4 heterocycles. The summed E-state index contributed by atoms with van der Waals surface area (Å²) in [5.41, 5.74) is 8.87. The number of aromatic hydroxyl groups is 4. The Morgan fingerprint density at radius 3 is 0.890 bits per heavy atom. The molecule has 127 heavy (non-hydrogen) atoms. The zero-order valence-corrected chi connectivity index (χ0v) is 75.1. The van der Waals surface area contributed by atoms with Crippen LogP contribution in [0.25, 0.3) is 40.3 Å². The average Bonchev–Trinajstić information content (AvgIpc) is 1.64. The summed E-state index contributed by atoms with van der Waals surface area (Å²) in [6.45, 7) is 20.3. The largest absolute Gasteiger partial charge is 0.508 e. The second kappa shape index (κ2) is 45.5. The van der Waals surface area contributed by atoms with E-state index in [1.807, 2.05) is 141 Å². The lowest BCUT2D eigenvalue weighted by Crippen LogP contribution is -2.14. The number of halogens is 1. The van der Waals surface area contributed by atoms with Crippen LogP contribution in [0.4, 0.5) is 4.39 Å². The summed E-state index contributed by atoms with van der Waals surface area (Å²) in [4.78, 5) is 55.0. The van der Waals surface area contributed by atoms with Gasteiger partial charge in [0.15, 0.2) is 23.0 Å². The maximum atomic E-state index is 14.3. The fourth-order valence-corrected chi connectivity index (χ4v) is 18.8. The first-order valence-electron chi connectivity index (χ1n) is 42.9. The van der Waals surface area contributed by atoms with Crippen LogP contribution in [0.2, 0.25) is 0 Å². The highest BCUT2D eigenvalue weighted by Crippen LogP contribution is 2.48. The molecule has 8 N–H and O–H groups in total. The number of fused-ring (bicyclic) bond motifs is 4. The van der Waals surface area contributed by atoms with Crippen LogP contribution in [-0.4, -0.2) is 95.9 Å². The van der Waals surface area contributed by atoms with E-state index in [0.29, 0.717) is 92.3 Å². The Bertz CT molecular complexity index is 6190. The second-order valence-electron chi connectivity index (χ2n) is 30.4. The van der Waals surface area contributed by atoms with Crippen LogP contribution < -0.4 is 40.2 Å². The Hall–Kier alpha value is -12.7. The molecule has 0 unspecified atom stereocenters. The minimum atomic E-state index is -0.578. The summed E-state index contributed by atoms with van der Waals surface area (Å²) >= 11 is 5.21. The van der Waals surface area contributed by atoms with Crippen LogP contribution >= 0.6 is 45.3 Å². The van der Waals surface area contributed by atoms with Gasteiger partial charge in [0.25, 0.3) is 0 Å². The van der Waals surface area contributed by atoms with Crippen molar-refractivity contribution in [1.29, 1.82) is 0 Å². The molecule has 0 aliphatic carbocycles. The van der Waals surface area contributed by atoms with E-state index in [2.05, 4.69) is 85.4 Å². The minimum Gasteiger partial charge on any atom is -0.508 e. The normalized spacial score (nSPS) is 11.0. The van der Waals surface area contributed by atoms with E-state index in [9.17, 15) is 44.0 Å². The maximum absolute atomic E-state index is 14.3. The number of ketones is 4. The molecule has 0 atom stereocenters. The molecule has 650 valence electrons. The van der Waals surface area contributed by atoms with Crippen molar-refractivity contribution in [3.8, 4) is 69.0 Å². The number of carbonyl (C=O) groups excluding carboxylic acids is 4. The van der Waals surface area contributed by atoms with E-state index >= 15 is 0 Å². The van der Waals surface area contributed by atoms with Crippen LogP contribution in [0.1, 0.15) is 148 Å². The van der Waals surface area contributed by atoms with Crippen molar-refractivity contribution >= 4 is 109 Å². The highest BCUT2D eigenvalue weighted by Gasteiger charge is 2.28. The lowest BCUT2D eigenvalue weighted by Gasteiger charge is -2.10.